The molecule has 0 bridgehead atoms. The molecule has 21 heavy (non-hydrogen) atoms. The predicted octanol–water partition coefficient (Wildman–Crippen LogP) is 2.46. The number of benzene rings is 2. The zero-order valence-electron chi connectivity index (χ0n) is 11.4. The normalized spacial score (nSPS) is 10.7. The van der Waals surface area contributed by atoms with E-state index in [1.165, 1.54) is 12.1 Å². The second-order valence-corrected chi connectivity index (χ2v) is 4.86. The number of fused-ring (bicyclic) bond motifs is 1. The van der Waals surface area contributed by atoms with E-state index in [1.807, 2.05) is 19.1 Å². The Kier molecular flexibility index (Phi) is 3.02. The Bertz CT molecular complexity index is 842. The first-order valence-electron chi connectivity index (χ1n) is 6.42. The average Bonchev–Trinajstić information content (AvgIpc) is 2.48. The maximum atomic E-state index is 12.5. The standard InChI is InChI=1S/C16H13N3O2/c1-9-2-4-10(5-3-9)16(21)15-14(17)12-8-11(20)6-7-13(12)18-19-15/h2-8,20H,1H3,(H2,17,18). The van der Waals surface area contributed by atoms with Crippen LogP contribution in [0.5, 0.6) is 5.75 Å². The number of carbonyl (C=O) groups excluding carboxylic acids is 1. The molecule has 0 aliphatic rings. The summed E-state index contributed by atoms with van der Waals surface area (Å²) in [5.74, 6) is -0.221. The number of rotatable bonds is 2. The number of carbonyl (C=O) groups is 1. The molecule has 0 amide bonds. The summed E-state index contributed by atoms with van der Waals surface area (Å²) in [6.45, 7) is 1.95. The number of hydrogen-bond donors (Lipinski definition) is 2. The summed E-state index contributed by atoms with van der Waals surface area (Å²) in [4.78, 5) is 12.5. The Balaban J connectivity index is 2.14. The maximum absolute atomic E-state index is 12.5. The summed E-state index contributed by atoms with van der Waals surface area (Å²) < 4.78 is 0. The summed E-state index contributed by atoms with van der Waals surface area (Å²) >= 11 is 0. The summed E-state index contributed by atoms with van der Waals surface area (Å²) in [6, 6.07) is 11.7. The van der Waals surface area contributed by atoms with Gasteiger partial charge in [0.2, 0.25) is 5.78 Å². The van der Waals surface area contributed by atoms with Crippen LogP contribution in [0.4, 0.5) is 5.69 Å². The highest BCUT2D eigenvalue weighted by Gasteiger charge is 2.17. The number of phenolic OH excluding ortho intramolecular Hbond substituents is 1. The van der Waals surface area contributed by atoms with E-state index in [0.29, 0.717) is 16.5 Å². The zero-order valence-corrected chi connectivity index (χ0v) is 11.4. The van der Waals surface area contributed by atoms with Crippen molar-refractivity contribution in [2.45, 2.75) is 6.92 Å². The minimum atomic E-state index is -0.287. The number of phenols is 1. The van der Waals surface area contributed by atoms with Gasteiger partial charge in [-0.05, 0) is 25.1 Å². The summed E-state index contributed by atoms with van der Waals surface area (Å²) in [7, 11) is 0. The molecule has 0 aliphatic carbocycles. The van der Waals surface area contributed by atoms with E-state index in [2.05, 4.69) is 10.2 Å². The fraction of sp³-hybridized carbons (Fsp3) is 0.0625. The fourth-order valence-electron chi connectivity index (χ4n) is 2.12. The third-order valence-corrected chi connectivity index (χ3v) is 3.31. The van der Waals surface area contributed by atoms with Crippen molar-refractivity contribution in [3.05, 3.63) is 59.3 Å². The average molecular weight is 279 g/mol. The lowest BCUT2D eigenvalue weighted by Crippen LogP contribution is -2.10. The van der Waals surface area contributed by atoms with Crippen molar-refractivity contribution in [2.75, 3.05) is 5.73 Å². The van der Waals surface area contributed by atoms with Crippen molar-refractivity contribution >= 4 is 22.4 Å². The van der Waals surface area contributed by atoms with E-state index < -0.39 is 0 Å². The van der Waals surface area contributed by atoms with Gasteiger partial charge in [0.25, 0.3) is 0 Å². The molecule has 0 unspecified atom stereocenters. The first kappa shape index (κ1) is 13.1. The van der Waals surface area contributed by atoms with Crippen LogP contribution in [0.15, 0.2) is 42.5 Å². The smallest absolute Gasteiger partial charge is 0.215 e. The van der Waals surface area contributed by atoms with Gasteiger partial charge in [-0.15, -0.1) is 10.2 Å². The van der Waals surface area contributed by atoms with E-state index in [9.17, 15) is 9.90 Å². The van der Waals surface area contributed by atoms with Crippen LogP contribution >= 0.6 is 0 Å². The van der Waals surface area contributed by atoms with Crippen molar-refractivity contribution in [1.29, 1.82) is 0 Å². The molecular weight excluding hydrogens is 266 g/mol. The van der Waals surface area contributed by atoms with E-state index >= 15 is 0 Å². The van der Waals surface area contributed by atoms with Crippen LogP contribution < -0.4 is 5.73 Å². The summed E-state index contributed by atoms with van der Waals surface area (Å²) in [5, 5.41) is 18.0. The first-order valence-corrected chi connectivity index (χ1v) is 6.42. The molecule has 0 saturated carbocycles. The Morgan fingerprint density at radius 2 is 1.81 bits per heavy atom. The Labute approximate surface area is 121 Å². The van der Waals surface area contributed by atoms with Crippen molar-refractivity contribution < 1.29 is 9.90 Å². The second kappa shape index (κ2) is 4.86. The largest absolute Gasteiger partial charge is 0.508 e. The second-order valence-electron chi connectivity index (χ2n) is 4.86. The van der Waals surface area contributed by atoms with Gasteiger partial charge >= 0.3 is 0 Å². The van der Waals surface area contributed by atoms with Gasteiger partial charge in [-0.1, -0.05) is 29.8 Å². The number of aromatic nitrogens is 2. The van der Waals surface area contributed by atoms with Gasteiger partial charge in [0.05, 0.1) is 11.2 Å². The van der Waals surface area contributed by atoms with Crippen LogP contribution in [0, 0.1) is 6.92 Å². The molecule has 3 aromatic rings. The zero-order chi connectivity index (χ0) is 15.0. The third-order valence-electron chi connectivity index (χ3n) is 3.31. The lowest BCUT2D eigenvalue weighted by Gasteiger charge is -2.07. The number of aryl methyl sites for hydroxylation is 1. The molecule has 104 valence electrons. The first-order chi connectivity index (χ1) is 10.1. The van der Waals surface area contributed by atoms with Crippen LogP contribution in [0.1, 0.15) is 21.6 Å². The van der Waals surface area contributed by atoms with Gasteiger partial charge in [0, 0.05) is 10.9 Å². The molecule has 0 fully saturated rings. The molecule has 1 heterocycles. The fourth-order valence-corrected chi connectivity index (χ4v) is 2.12. The highest BCUT2D eigenvalue weighted by molar-refractivity contribution is 6.13. The van der Waals surface area contributed by atoms with Crippen molar-refractivity contribution in [1.82, 2.24) is 10.2 Å². The van der Waals surface area contributed by atoms with Crippen LogP contribution in [0.2, 0.25) is 0 Å². The van der Waals surface area contributed by atoms with Gasteiger partial charge < -0.3 is 10.8 Å². The number of nitrogen functional groups attached to an aromatic ring is 1. The molecule has 0 saturated heterocycles. The lowest BCUT2D eigenvalue weighted by atomic mass is 10.0. The van der Waals surface area contributed by atoms with E-state index in [4.69, 9.17) is 5.73 Å². The molecule has 0 radical (unpaired) electrons. The number of nitrogens with zero attached hydrogens (tertiary/aromatic N) is 2. The summed E-state index contributed by atoms with van der Waals surface area (Å²) in [6.07, 6.45) is 0. The van der Waals surface area contributed by atoms with Crippen molar-refractivity contribution in [3.8, 4) is 5.75 Å². The molecule has 2 aromatic carbocycles. The van der Waals surface area contributed by atoms with Crippen LogP contribution in [-0.2, 0) is 0 Å². The van der Waals surface area contributed by atoms with Gasteiger partial charge in [-0.25, -0.2) is 0 Å². The monoisotopic (exact) mass is 279 g/mol. The number of aromatic hydroxyl groups is 1. The Morgan fingerprint density at radius 3 is 2.52 bits per heavy atom. The SMILES string of the molecule is Cc1ccc(C(=O)c2nnc3ccc(O)cc3c2N)cc1. The van der Waals surface area contributed by atoms with Crippen molar-refractivity contribution in [3.63, 3.8) is 0 Å². The maximum Gasteiger partial charge on any atom is 0.215 e. The minimum absolute atomic E-state index is 0.0657. The van der Waals surface area contributed by atoms with Crippen LogP contribution in [0.25, 0.3) is 10.9 Å². The van der Waals surface area contributed by atoms with Gasteiger partial charge in [-0.3, -0.25) is 4.79 Å². The molecular formula is C16H13N3O2. The van der Waals surface area contributed by atoms with E-state index in [-0.39, 0.29) is 22.9 Å². The summed E-state index contributed by atoms with van der Waals surface area (Å²) in [5.41, 5.74) is 8.44. The molecule has 0 aliphatic heterocycles. The highest BCUT2D eigenvalue weighted by atomic mass is 16.3. The predicted molar refractivity (Wildman–Crippen MR) is 80.2 cm³/mol. The van der Waals surface area contributed by atoms with E-state index in [0.717, 1.165) is 5.56 Å². The number of nitrogens with two attached hydrogens (primary N) is 1. The number of anilines is 1. The van der Waals surface area contributed by atoms with Gasteiger partial charge in [-0.2, -0.15) is 0 Å². The minimum Gasteiger partial charge on any atom is -0.508 e. The lowest BCUT2D eigenvalue weighted by molar-refractivity contribution is 0.103. The van der Waals surface area contributed by atoms with Crippen LogP contribution in [0.3, 0.4) is 0 Å². The number of ketones is 1. The highest BCUT2D eigenvalue weighted by Crippen LogP contribution is 2.26. The Hall–Kier alpha value is -2.95. The van der Waals surface area contributed by atoms with Gasteiger partial charge in [0.15, 0.2) is 5.69 Å². The molecule has 5 heteroatoms. The van der Waals surface area contributed by atoms with E-state index in [1.54, 1.807) is 18.2 Å². The third kappa shape index (κ3) is 2.29. The molecule has 0 atom stereocenters. The molecule has 1 aromatic heterocycles. The topological polar surface area (TPSA) is 89.1 Å². The quantitative estimate of drug-likeness (QED) is 0.703. The molecule has 3 N–H and O–H groups in total. The van der Waals surface area contributed by atoms with Crippen LogP contribution in [-0.4, -0.2) is 21.1 Å². The van der Waals surface area contributed by atoms with Gasteiger partial charge in [0.1, 0.15) is 5.75 Å². The molecule has 3 rings (SSSR count). The number of hydrogen-bond acceptors (Lipinski definition) is 5. The Morgan fingerprint density at radius 1 is 1.10 bits per heavy atom. The van der Waals surface area contributed by atoms with Crippen molar-refractivity contribution in [2.24, 2.45) is 0 Å². The molecule has 0 spiro atoms. The molecule has 5 nitrogen and oxygen atoms in total.